The fraction of sp³-hybridized carbons (Fsp3) is 0.250. The zero-order valence-electron chi connectivity index (χ0n) is 19.9. The van der Waals surface area contributed by atoms with E-state index in [4.69, 9.17) is 9.47 Å². The summed E-state index contributed by atoms with van der Waals surface area (Å²) in [6.07, 6.45) is -0.0155. The molecule has 0 aliphatic carbocycles. The molecule has 1 aliphatic heterocycles. The van der Waals surface area contributed by atoms with Crippen LogP contribution < -0.4 is 5.32 Å². The first-order valence-electron chi connectivity index (χ1n) is 11.6. The van der Waals surface area contributed by atoms with Crippen LogP contribution >= 0.6 is 15.9 Å². The molecule has 3 aromatic carbocycles. The molecule has 4 rings (SSSR count). The minimum absolute atomic E-state index is 0.0977. The zero-order chi connectivity index (χ0) is 25.5. The maximum atomic E-state index is 13.5. The molecule has 1 aliphatic rings. The third kappa shape index (κ3) is 6.31. The second-order valence-corrected chi connectivity index (χ2v) is 9.49. The molecule has 0 saturated carbocycles. The van der Waals surface area contributed by atoms with Crippen LogP contribution in [0.3, 0.4) is 0 Å². The molecule has 0 radical (unpaired) electrons. The van der Waals surface area contributed by atoms with Gasteiger partial charge in [0.25, 0.3) is 0 Å². The van der Waals surface area contributed by atoms with Crippen molar-refractivity contribution in [2.45, 2.75) is 38.1 Å². The van der Waals surface area contributed by atoms with Gasteiger partial charge in [-0.2, -0.15) is 0 Å². The molecule has 7 nitrogen and oxygen atoms in total. The molecule has 0 spiro atoms. The van der Waals surface area contributed by atoms with Crippen LogP contribution in [-0.4, -0.2) is 42.1 Å². The monoisotopic (exact) mass is 550 g/mol. The predicted octanol–water partition coefficient (Wildman–Crippen LogP) is 4.41. The number of methoxy groups -OCH3 is 1. The van der Waals surface area contributed by atoms with Crippen molar-refractivity contribution in [3.05, 3.63) is 106 Å². The van der Waals surface area contributed by atoms with Crippen LogP contribution in [0.5, 0.6) is 0 Å². The highest BCUT2D eigenvalue weighted by molar-refractivity contribution is 9.10. The SMILES string of the molecule is COC(=O)[C@@H](Cc1ccc(Br)cc1)NC(=O)[C@@H]1Cc2ccccc2CN1C(=O)OCc1ccccc1. The standard InChI is InChI=1S/C28H27BrN2O5/c1-35-27(33)24(15-19-11-13-23(29)14-12-19)30-26(32)25-16-21-9-5-6-10-22(21)17-31(25)28(34)36-18-20-7-3-2-4-8-20/h2-14,24-25H,15-18H2,1H3,(H,30,32)/t24-,25+/m1/s1. The Hall–Kier alpha value is -3.65. The van der Waals surface area contributed by atoms with E-state index in [1.165, 1.54) is 12.0 Å². The van der Waals surface area contributed by atoms with Crippen molar-refractivity contribution < 1.29 is 23.9 Å². The lowest BCUT2D eigenvalue weighted by molar-refractivity contribution is -0.145. The normalized spacial score (nSPS) is 15.4. The quantitative estimate of drug-likeness (QED) is 0.440. The second kappa shape index (κ2) is 11.9. The number of ether oxygens (including phenoxy) is 2. The number of halogens is 1. The first-order valence-corrected chi connectivity index (χ1v) is 12.4. The Kier molecular flexibility index (Phi) is 8.38. The summed E-state index contributed by atoms with van der Waals surface area (Å²) in [7, 11) is 1.28. The molecule has 1 heterocycles. The summed E-state index contributed by atoms with van der Waals surface area (Å²) >= 11 is 3.40. The number of esters is 1. The number of benzene rings is 3. The van der Waals surface area contributed by atoms with Crippen LogP contribution in [0, 0.1) is 0 Å². The number of fused-ring (bicyclic) bond motifs is 1. The van der Waals surface area contributed by atoms with Crippen LogP contribution in [0.4, 0.5) is 4.79 Å². The van der Waals surface area contributed by atoms with Gasteiger partial charge in [-0.05, 0) is 34.4 Å². The Morgan fingerprint density at radius 3 is 2.31 bits per heavy atom. The van der Waals surface area contributed by atoms with Crippen molar-refractivity contribution >= 4 is 33.9 Å². The van der Waals surface area contributed by atoms with Crippen molar-refractivity contribution in [1.29, 1.82) is 0 Å². The van der Waals surface area contributed by atoms with Crippen LogP contribution in [0.15, 0.2) is 83.3 Å². The van der Waals surface area contributed by atoms with Gasteiger partial charge in [-0.1, -0.05) is 82.7 Å². The van der Waals surface area contributed by atoms with Gasteiger partial charge in [0.15, 0.2) is 0 Å². The molecular weight excluding hydrogens is 524 g/mol. The van der Waals surface area contributed by atoms with E-state index in [1.54, 1.807) is 0 Å². The van der Waals surface area contributed by atoms with Gasteiger partial charge in [0.1, 0.15) is 18.7 Å². The van der Waals surface area contributed by atoms with E-state index in [-0.39, 0.29) is 19.6 Å². The van der Waals surface area contributed by atoms with Crippen molar-refractivity contribution in [3.63, 3.8) is 0 Å². The molecule has 1 N–H and O–H groups in total. The molecule has 0 saturated heterocycles. The number of carbonyl (C=O) groups is 3. The smallest absolute Gasteiger partial charge is 0.411 e. The van der Waals surface area contributed by atoms with Crippen LogP contribution in [0.25, 0.3) is 0 Å². The topological polar surface area (TPSA) is 84.9 Å². The molecule has 36 heavy (non-hydrogen) atoms. The number of hydrogen-bond acceptors (Lipinski definition) is 5. The van der Waals surface area contributed by atoms with E-state index in [2.05, 4.69) is 21.2 Å². The zero-order valence-corrected chi connectivity index (χ0v) is 21.4. The van der Waals surface area contributed by atoms with E-state index < -0.39 is 30.1 Å². The molecule has 2 amide bonds. The Morgan fingerprint density at radius 2 is 1.61 bits per heavy atom. The Bertz CT molecular complexity index is 1220. The van der Waals surface area contributed by atoms with Gasteiger partial charge in [0.2, 0.25) is 5.91 Å². The number of rotatable bonds is 7. The highest BCUT2D eigenvalue weighted by Crippen LogP contribution is 2.25. The molecule has 0 unspecified atom stereocenters. The fourth-order valence-electron chi connectivity index (χ4n) is 4.21. The number of amides is 2. The van der Waals surface area contributed by atoms with Crippen molar-refractivity contribution in [2.75, 3.05) is 7.11 Å². The molecule has 0 fully saturated rings. The summed E-state index contributed by atoms with van der Waals surface area (Å²) in [5, 5.41) is 2.82. The fourth-order valence-corrected chi connectivity index (χ4v) is 4.48. The van der Waals surface area contributed by atoms with E-state index in [1.807, 2.05) is 78.9 Å². The molecule has 3 aromatic rings. The van der Waals surface area contributed by atoms with E-state index in [9.17, 15) is 14.4 Å². The molecular formula is C28H27BrN2O5. The minimum atomic E-state index is -0.900. The molecule has 8 heteroatoms. The van der Waals surface area contributed by atoms with Crippen molar-refractivity contribution in [1.82, 2.24) is 10.2 Å². The van der Waals surface area contributed by atoms with Gasteiger partial charge in [-0.3, -0.25) is 9.69 Å². The summed E-state index contributed by atoms with van der Waals surface area (Å²) < 4.78 is 11.4. The van der Waals surface area contributed by atoms with Gasteiger partial charge >= 0.3 is 12.1 Å². The summed E-state index contributed by atoms with van der Waals surface area (Å²) in [6.45, 7) is 0.331. The van der Waals surface area contributed by atoms with Gasteiger partial charge in [-0.25, -0.2) is 9.59 Å². The third-order valence-corrected chi connectivity index (χ3v) is 6.67. The average molecular weight is 551 g/mol. The summed E-state index contributed by atoms with van der Waals surface area (Å²) in [5.41, 5.74) is 3.65. The number of carbonyl (C=O) groups excluding carboxylic acids is 3. The van der Waals surface area contributed by atoms with Crippen LogP contribution in [0.2, 0.25) is 0 Å². The predicted molar refractivity (Wildman–Crippen MR) is 138 cm³/mol. The van der Waals surface area contributed by atoms with Gasteiger partial charge < -0.3 is 14.8 Å². The molecule has 186 valence electrons. The summed E-state index contributed by atoms with van der Waals surface area (Å²) in [4.78, 5) is 40.6. The molecule has 0 bridgehead atoms. The van der Waals surface area contributed by atoms with Crippen LogP contribution in [0.1, 0.15) is 22.3 Å². The number of hydrogen-bond donors (Lipinski definition) is 1. The largest absolute Gasteiger partial charge is 0.467 e. The first kappa shape index (κ1) is 25.4. The number of nitrogens with one attached hydrogen (secondary N) is 1. The van der Waals surface area contributed by atoms with E-state index >= 15 is 0 Å². The summed E-state index contributed by atoms with van der Waals surface area (Å²) in [5.74, 6) is -0.991. The Morgan fingerprint density at radius 1 is 0.944 bits per heavy atom. The van der Waals surface area contributed by atoms with Crippen LogP contribution in [-0.2, 0) is 45.1 Å². The van der Waals surface area contributed by atoms with Gasteiger partial charge in [-0.15, -0.1) is 0 Å². The lowest BCUT2D eigenvalue weighted by Crippen LogP contribution is -2.56. The third-order valence-electron chi connectivity index (χ3n) is 6.15. The Labute approximate surface area is 218 Å². The highest BCUT2D eigenvalue weighted by atomic mass is 79.9. The summed E-state index contributed by atoms with van der Waals surface area (Å²) in [6, 6.07) is 22.8. The first-order chi connectivity index (χ1) is 17.4. The molecule has 0 aromatic heterocycles. The molecule has 2 atom stereocenters. The van der Waals surface area contributed by atoms with Crippen molar-refractivity contribution in [3.8, 4) is 0 Å². The van der Waals surface area contributed by atoms with E-state index in [0.717, 1.165) is 26.7 Å². The average Bonchev–Trinajstić information content (AvgIpc) is 2.91. The lowest BCUT2D eigenvalue weighted by Gasteiger charge is -2.35. The maximum absolute atomic E-state index is 13.5. The lowest BCUT2D eigenvalue weighted by atomic mass is 9.93. The minimum Gasteiger partial charge on any atom is -0.467 e. The van der Waals surface area contributed by atoms with E-state index in [0.29, 0.717) is 6.42 Å². The second-order valence-electron chi connectivity index (χ2n) is 8.57. The number of nitrogens with zero attached hydrogens (tertiary/aromatic N) is 1. The van der Waals surface area contributed by atoms with Gasteiger partial charge in [0.05, 0.1) is 13.7 Å². The maximum Gasteiger partial charge on any atom is 0.411 e. The van der Waals surface area contributed by atoms with Crippen molar-refractivity contribution in [2.24, 2.45) is 0 Å². The van der Waals surface area contributed by atoms with Gasteiger partial charge in [0, 0.05) is 17.3 Å². The Balaban J connectivity index is 1.52. The highest BCUT2D eigenvalue weighted by Gasteiger charge is 2.37.